The fourth-order valence-corrected chi connectivity index (χ4v) is 4.34. The van der Waals surface area contributed by atoms with E-state index in [1.807, 2.05) is 0 Å². The van der Waals surface area contributed by atoms with Crippen LogP contribution < -0.4 is 0 Å². The van der Waals surface area contributed by atoms with Crippen molar-refractivity contribution in [1.82, 2.24) is 4.57 Å². The molecule has 23 heavy (non-hydrogen) atoms. The molecule has 0 N–H and O–H groups in total. The fourth-order valence-electron chi connectivity index (χ4n) is 4.34. The molecule has 1 aliphatic rings. The Morgan fingerprint density at radius 3 is 2.48 bits per heavy atom. The molecule has 4 rings (SSSR count). The summed E-state index contributed by atoms with van der Waals surface area (Å²) >= 11 is 0. The zero-order chi connectivity index (χ0) is 16.0. The smallest absolute Gasteiger partial charge is 0.0535 e. The van der Waals surface area contributed by atoms with Crippen LogP contribution in [0.5, 0.6) is 0 Å². The van der Waals surface area contributed by atoms with Gasteiger partial charge in [-0.1, -0.05) is 76.1 Å². The van der Waals surface area contributed by atoms with Crippen LogP contribution in [0, 0.1) is 0 Å². The first-order valence-electron chi connectivity index (χ1n) is 8.88. The van der Waals surface area contributed by atoms with Crippen molar-refractivity contribution in [3.8, 4) is 11.3 Å². The molecule has 118 valence electrons. The highest BCUT2D eigenvalue weighted by atomic mass is 15.0. The standard InChI is InChI=1S/C22H25N/c1-4-5-10-15-23-19-14-9-7-12-17(19)20-21(23)16-11-6-8-13-18(16)22(20,2)3/h6-9,11-14H,4-5,10,15H2,1-3H3. The predicted octanol–water partition coefficient (Wildman–Crippen LogP) is 6.14. The number of para-hydroxylation sites is 1. The number of nitrogens with zero attached hydrogens (tertiary/aromatic N) is 1. The van der Waals surface area contributed by atoms with Crippen LogP contribution in [0.25, 0.3) is 22.2 Å². The second kappa shape index (κ2) is 5.26. The molecule has 0 bridgehead atoms. The summed E-state index contributed by atoms with van der Waals surface area (Å²) < 4.78 is 2.58. The Morgan fingerprint density at radius 2 is 1.65 bits per heavy atom. The topological polar surface area (TPSA) is 4.93 Å². The fraction of sp³-hybridized carbons (Fsp3) is 0.364. The van der Waals surface area contributed by atoms with Crippen LogP contribution in [0.4, 0.5) is 0 Å². The first-order chi connectivity index (χ1) is 11.2. The van der Waals surface area contributed by atoms with Crippen LogP contribution in [0.1, 0.15) is 51.2 Å². The Kier molecular flexibility index (Phi) is 3.33. The number of hydrogen-bond acceptors (Lipinski definition) is 0. The molecule has 0 atom stereocenters. The largest absolute Gasteiger partial charge is 0.340 e. The van der Waals surface area contributed by atoms with Gasteiger partial charge in [-0.05, 0) is 23.6 Å². The van der Waals surface area contributed by atoms with Crippen LogP contribution in [0.3, 0.4) is 0 Å². The maximum atomic E-state index is 2.58. The highest BCUT2D eigenvalue weighted by molar-refractivity contribution is 5.97. The molecule has 1 nitrogen and oxygen atoms in total. The van der Waals surface area contributed by atoms with Crippen LogP contribution in [-0.2, 0) is 12.0 Å². The van der Waals surface area contributed by atoms with Crippen molar-refractivity contribution in [2.24, 2.45) is 0 Å². The lowest BCUT2D eigenvalue weighted by Crippen LogP contribution is -2.14. The molecule has 0 aliphatic heterocycles. The van der Waals surface area contributed by atoms with Gasteiger partial charge >= 0.3 is 0 Å². The Bertz CT molecular complexity index is 867. The summed E-state index contributed by atoms with van der Waals surface area (Å²) in [4.78, 5) is 0. The van der Waals surface area contributed by atoms with Crippen molar-refractivity contribution in [2.45, 2.75) is 52.0 Å². The van der Waals surface area contributed by atoms with Crippen LogP contribution in [0.2, 0.25) is 0 Å². The van der Waals surface area contributed by atoms with Gasteiger partial charge in [-0.25, -0.2) is 0 Å². The maximum Gasteiger partial charge on any atom is 0.0535 e. The van der Waals surface area contributed by atoms with E-state index in [0.29, 0.717) is 0 Å². The van der Waals surface area contributed by atoms with Crippen molar-refractivity contribution in [3.05, 3.63) is 59.7 Å². The molecule has 2 aromatic carbocycles. The van der Waals surface area contributed by atoms with E-state index in [2.05, 4.69) is 73.9 Å². The molecule has 1 aromatic heterocycles. The maximum absolute atomic E-state index is 2.58. The summed E-state index contributed by atoms with van der Waals surface area (Å²) in [5.41, 5.74) is 7.37. The number of unbranched alkanes of at least 4 members (excludes halogenated alkanes) is 2. The van der Waals surface area contributed by atoms with Crippen molar-refractivity contribution in [1.29, 1.82) is 0 Å². The van der Waals surface area contributed by atoms with E-state index in [9.17, 15) is 0 Å². The zero-order valence-corrected chi connectivity index (χ0v) is 14.4. The molecule has 0 fully saturated rings. The zero-order valence-electron chi connectivity index (χ0n) is 14.4. The number of aromatic nitrogens is 1. The molecule has 0 saturated carbocycles. The van der Waals surface area contributed by atoms with Crippen molar-refractivity contribution < 1.29 is 0 Å². The van der Waals surface area contributed by atoms with Crippen LogP contribution >= 0.6 is 0 Å². The minimum atomic E-state index is 0.0849. The minimum absolute atomic E-state index is 0.0849. The van der Waals surface area contributed by atoms with Gasteiger partial charge in [0.2, 0.25) is 0 Å². The van der Waals surface area contributed by atoms with Gasteiger partial charge in [-0.2, -0.15) is 0 Å². The van der Waals surface area contributed by atoms with E-state index in [1.54, 1.807) is 0 Å². The van der Waals surface area contributed by atoms with Crippen LogP contribution in [-0.4, -0.2) is 4.57 Å². The van der Waals surface area contributed by atoms with Crippen LogP contribution in [0.15, 0.2) is 48.5 Å². The number of fused-ring (bicyclic) bond motifs is 5. The first-order valence-corrected chi connectivity index (χ1v) is 8.88. The van der Waals surface area contributed by atoms with Crippen molar-refractivity contribution in [2.75, 3.05) is 0 Å². The molecule has 1 aliphatic carbocycles. The Balaban J connectivity index is 2.01. The summed E-state index contributed by atoms with van der Waals surface area (Å²) in [5, 5.41) is 1.43. The van der Waals surface area contributed by atoms with Gasteiger partial charge in [-0.3, -0.25) is 0 Å². The Hall–Kier alpha value is -2.02. The van der Waals surface area contributed by atoms with E-state index >= 15 is 0 Å². The van der Waals surface area contributed by atoms with E-state index in [1.165, 1.54) is 52.5 Å². The number of aryl methyl sites for hydroxylation is 1. The number of benzene rings is 2. The van der Waals surface area contributed by atoms with E-state index in [-0.39, 0.29) is 5.41 Å². The summed E-state index contributed by atoms with van der Waals surface area (Å²) in [6.07, 6.45) is 3.82. The SMILES string of the molecule is CCCCCn1c2c(c3ccccc31)C(C)(C)c1ccccc1-2. The summed E-state index contributed by atoms with van der Waals surface area (Å²) in [6, 6.07) is 17.9. The van der Waals surface area contributed by atoms with Gasteiger partial charge in [0.15, 0.2) is 0 Å². The second-order valence-corrected chi connectivity index (χ2v) is 7.27. The summed E-state index contributed by atoms with van der Waals surface area (Å²) in [6.45, 7) is 8.14. The van der Waals surface area contributed by atoms with Gasteiger partial charge in [0.25, 0.3) is 0 Å². The third-order valence-corrected chi connectivity index (χ3v) is 5.44. The lowest BCUT2D eigenvalue weighted by Gasteiger charge is -2.21. The van der Waals surface area contributed by atoms with Crippen molar-refractivity contribution >= 4 is 10.9 Å². The average molecular weight is 303 g/mol. The lowest BCUT2D eigenvalue weighted by atomic mass is 9.81. The molecule has 1 heterocycles. The van der Waals surface area contributed by atoms with Gasteiger partial charge in [0, 0.05) is 28.4 Å². The molecular weight excluding hydrogens is 278 g/mol. The molecule has 0 unspecified atom stereocenters. The van der Waals surface area contributed by atoms with E-state index in [0.717, 1.165) is 6.54 Å². The molecule has 0 amide bonds. The highest BCUT2D eigenvalue weighted by Gasteiger charge is 2.39. The number of rotatable bonds is 4. The Labute approximate surface area is 139 Å². The van der Waals surface area contributed by atoms with Crippen molar-refractivity contribution in [3.63, 3.8) is 0 Å². The van der Waals surface area contributed by atoms with E-state index < -0.39 is 0 Å². The molecule has 1 heteroatoms. The molecule has 0 saturated heterocycles. The van der Waals surface area contributed by atoms with Gasteiger partial charge in [0.1, 0.15) is 0 Å². The predicted molar refractivity (Wildman–Crippen MR) is 99.0 cm³/mol. The van der Waals surface area contributed by atoms with Gasteiger partial charge in [0.05, 0.1) is 5.69 Å². The average Bonchev–Trinajstić information content (AvgIpc) is 3.01. The second-order valence-electron chi connectivity index (χ2n) is 7.27. The third-order valence-electron chi connectivity index (χ3n) is 5.44. The molecule has 0 radical (unpaired) electrons. The first kappa shape index (κ1) is 14.6. The summed E-state index contributed by atoms with van der Waals surface area (Å²) in [7, 11) is 0. The molecule has 3 aromatic rings. The number of hydrogen-bond donors (Lipinski definition) is 0. The van der Waals surface area contributed by atoms with Gasteiger partial charge in [-0.15, -0.1) is 0 Å². The molecule has 0 spiro atoms. The molecular formula is C22H25N. The summed E-state index contributed by atoms with van der Waals surface area (Å²) in [5.74, 6) is 0. The normalized spacial score (nSPS) is 14.9. The monoisotopic (exact) mass is 303 g/mol. The highest BCUT2D eigenvalue weighted by Crippen LogP contribution is 2.52. The van der Waals surface area contributed by atoms with E-state index in [4.69, 9.17) is 0 Å². The lowest BCUT2D eigenvalue weighted by molar-refractivity contribution is 0.617. The third kappa shape index (κ3) is 1.99. The Morgan fingerprint density at radius 1 is 0.913 bits per heavy atom. The van der Waals surface area contributed by atoms with Gasteiger partial charge < -0.3 is 4.57 Å². The quantitative estimate of drug-likeness (QED) is 0.510. The minimum Gasteiger partial charge on any atom is -0.340 e.